The van der Waals surface area contributed by atoms with E-state index in [0.29, 0.717) is 10.6 Å². The summed E-state index contributed by atoms with van der Waals surface area (Å²) in [7, 11) is 0. The van der Waals surface area contributed by atoms with Gasteiger partial charge in [0.25, 0.3) is 0 Å². The van der Waals surface area contributed by atoms with Gasteiger partial charge in [-0.15, -0.1) is 17.8 Å². The minimum Gasteiger partial charge on any atom is -0.449 e. The summed E-state index contributed by atoms with van der Waals surface area (Å²) in [6.45, 7) is -0.0432. The van der Waals surface area contributed by atoms with Crippen molar-refractivity contribution < 1.29 is 9.53 Å². The van der Waals surface area contributed by atoms with Crippen molar-refractivity contribution in [3.8, 4) is 22.9 Å². The fourth-order valence-corrected chi connectivity index (χ4v) is 3.68. The van der Waals surface area contributed by atoms with Gasteiger partial charge in [-0.25, -0.2) is 9.78 Å². The number of benzene rings is 2. The number of thiazole rings is 1. The Hall–Kier alpha value is -1.87. The van der Waals surface area contributed by atoms with Crippen molar-refractivity contribution in [2.24, 2.45) is 0 Å². The van der Waals surface area contributed by atoms with Crippen molar-refractivity contribution in [2.45, 2.75) is 0 Å². The topological polar surface area (TPSA) is 39.2 Å². The fourth-order valence-electron chi connectivity index (χ4n) is 2.02. The quantitative estimate of drug-likeness (QED) is 0.445. The molecule has 0 amide bonds. The van der Waals surface area contributed by atoms with E-state index in [1.807, 2.05) is 18.2 Å². The SMILES string of the molecule is C#CCOC(=O)c1ccc2nc(-c3cc(Br)ccc3Cl)sc2c1. The third kappa shape index (κ3) is 3.40. The summed E-state index contributed by atoms with van der Waals surface area (Å²) in [5.74, 6) is 1.83. The summed E-state index contributed by atoms with van der Waals surface area (Å²) in [6, 6.07) is 10.8. The van der Waals surface area contributed by atoms with Crippen LogP contribution in [0.2, 0.25) is 5.02 Å². The van der Waals surface area contributed by atoms with Gasteiger partial charge < -0.3 is 4.74 Å². The number of carbonyl (C=O) groups excluding carboxylic acids is 1. The third-order valence-corrected chi connectivity index (χ3v) is 4.94. The van der Waals surface area contributed by atoms with E-state index >= 15 is 0 Å². The second-order valence-electron chi connectivity index (χ2n) is 4.61. The zero-order valence-electron chi connectivity index (χ0n) is 11.7. The van der Waals surface area contributed by atoms with E-state index in [0.717, 1.165) is 25.3 Å². The van der Waals surface area contributed by atoms with Crippen molar-refractivity contribution >= 4 is 55.1 Å². The first-order valence-corrected chi connectivity index (χ1v) is 8.54. The third-order valence-electron chi connectivity index (χ3n) is 3.07. The van der Waals surface area contributed by atoms with Gasteiger partial charge in [-0.2, -0.15) is 0 Å². The van der Waals surface area contributed by atoms with Crippen LogP contribution in [0.1, 0.15) is 10.4 Å². The van der Waals surface area contributed by atoms with E-state index in [1.165, 1.54) is 11.3 Å². The maximum absolute atomic E-state index is 11.9. The highest BCUT2D eigenvalue weighted by Crippen LogP contribution is 2.36. The number of esters is 1. The molecule has 2 aromatic carbocycles. The van der Waals surface area contributed by atoms with E-state index in [9.17, 15) is 4.79 Å². The lowest BCUT2D eigenvalue weighted by atomic mass is 10.2. The highest BCUT2D eigenvalue weighted by atomic mass is 79.9. The molecule has 0 N–H and O–H groups in total. The molecule has 0 saturated heterocycles. The first kappa shape index (κ1) is 16.0. The molecular weight excluding hydrogens is 398 g/mol. The van der Waals surface area contributed by atoms with Crippen molar-refractivity contribution in [3.63, 3.8) is 0 Å². The standard InChI is InChI=1S/C17H9BrClNO2S/c1-2-7-22-17(21)10-3-6-14-15(8-10)23-16(20-14)12-9-11(18)4-5-13(12)19/h1,3-6,8-9H,7H2. The Labute approximate surface area is 150 Å². The first-order valence-electron chi connectivity index (χ1n) is 6.55. The molecule has 1 aromatic heterocycles. The average Bonchev–Trinajstić information content (AvgIpc) is 2.97. The highest BCUT2D eigenvalue weighted by Gasteiger charge is 2.13. The van der Waals surface area contributed by atoms with Gasteiger partial charge in [-0.1, -0.05) is 33.5 Å². The average molecular weight is 407 g/mol. The monoisotopic (exact) mass is 405 g/mol. The molecule has 0 fully saturated rings. The van der Waals surface area contributed by atoms with Gasteiger partial charge in [0, 0.05) is 10.0 Å². The molecule has 1 heterocycles. The molecule has 0 bridgehead atoms. The summed E-state index contributed by atoms with van der Waals surface area (Å²) in [6.07, 6.45) is 5.09. The number of hydrogen-bond acceptors (Lipinski definition) is 4. The molecule has 0 aliphatic carbocycles. The maximum atomic E-state index is 11.9. The number of hydrogen-bond donors (Lipinski definition) is 0. The second-order valence-corrected chi connectivity index (χ2v) is 6.96. The van der Waals surface area contributed by atoms with Crippen LogP contribution in [0.15, 0.2) is 40.9 Å². The molecule has 3 rings (SSSR count). The lowest BCUT2D eigenvalue weighted by Crippen LogP contribution is -2.04. The molecule has 3 nitrogen and oxygen atoms in total. The second kappa shape index (κ2) is 6.71. The number of rotatable bonds is 3. The van der Waals surface area contributed by atoms with Gasteiger partial charge in [0.1, 0.15) is 5.01 Å². The number of terminal acetylenes is 1. The molecule has 114 valence electrons. The molecule has 3 aromatic rings. The van der Waals surface area contributed by atoms with Crippen LogP contribution in [0.3, 0.4) is 0 Å². The minimum atomic E-state index is -0.444. The van der Waals surface area contributed by atoms with Gasteiger partial charge in [0.2, 0.25) is 0 Å². The summed E-state index contributed by atoms with van der Waals surface area (Å²) in [5.41, 5.74) is 2.09. The minimum absolute atomic E-state index is 0.0432. The number of nitrogens with zero attached hydrogens (tertiary/aromatic N) is 1. The van der Waals surface area contributed by atoms with E-state index in [2.05, 4.69) is 26.8 Å². The largest absolute Gasteiger partial charge is 0.449 e. The van der Waals surface area contributed by atoms with E-state index < -0.39 is 5.97 Å². The Balaban J connectivity index is 2.01. The number of aromatic nitrogens is 1. The Kier molecular flexibility index (Phi) is 4.67. The Morgan fingerprint density at radius 3 is 2.96 bits per heavy atom. The van der Waals surface area contributed by atoms with E-state index in [1.54, 1.807) is 18.2 Å². The molecular formula is C17H9BrClNO2S. The predicted octanol–water partition coefficient (Wildman–Crippen LogP) is 5.17. The summed E-state index contributed by atoms with van der Waals surface area (Å²) >= 11 is 11.1. The van der Waals surface area contributed by atoms with E-state index in [-0.39, 0.29) is 6.61 Å². The molecule has 6 heteroatoms. The van der Waals surface area contributed by atoms with Crippen LogP contribution in [0.4, 0.5) is 0 Å². The van der Waals surface area contributed by atoms with Gasteiger partial charge in [0.05, 0.1) is 20.8 Å². The molecule has 0 unspecified atom stereocenters. The molecule has 0 aliphatic heterocycles. The van der Waals surface area contributed by atoms with Crippen molar-refractivity contribution in [2.75, 3.05) is 6.61 Å². The lowest BCUT2D eigenvalue weighted by molar-refractivity contribution is 0.0557. The van der Waals surface area contributed by atoms with Crippen LogP contribution in [0.25, 0.3) is 20.8 Å². The van der Waals surface area contributed by atoms with Crippen molar-refractivity contribution in [3.05, 3.63) is 51.5 Å². The fraction of sp³-hybridized carbons (Fsp3) is 0.0588. The van der Waals surface area contributed by atoms with Crippen LogP contribution in [-0.4, -0.2) is 17.6 Å². The molecule has 0 atom stereocenters. The number of ether oxygens (including phenoxy) is 1. The molecule has 0 spiro atoms. The zero-order valence-corrected chi connectivity index (χ0v) is 14.8. The molecule has 23 heavy (non-hydrogen) atoms. The van der Waals surface area contributed by atoms with Gasteiger partial charge in [-0.3, -0.25) is 0 Å². The van der Waals surface area contributed by atoms with Crippen LogP contribution >= 0.6 is 38.9 Å². The Morgan fingerprint density at radius 1 is 1.35 bits per heavy atom. The Morgan fingerprint density at radius 2 is 2.17 bits per heavy atom. The molecule has 0 radical (unpaired) electrons. The van der Waals surface area contributed by atoms with Crippen LogP contribution in [0, 0.1) is 12.3 Å². The summed E-state index contributed by atoms with van der Waals surface area (Å²) in [4.78, 5) is 16.4. The summed E-state index contributed by atoms with van der Waals surface area (Å²) in [5, 5.41) is 1.42. The smallest absolute Gasteiger partial charge is 0.339 e. The van der Waals surface area contributed by atoms with Crippen LogP contribution < -0.4 is 0 Å². The highest BCUT2D eigenvalue weighted by molar-refractivity contribution is 9.10. The van der Waals surface area contributed by atoms with Crippen molar-refractivity contribution in [1.82, 2.24) is 4.98 Å². The van der Waals surface area contributed by atoms with Gasteiger partial charge >= 0.3 is 5.97 Å². The zero-order chi connectivity index (χ0) is 16.4. The summed E-state index contributed by atoms with van der Waals surface area (Å²) < 4.78 is 6.74. The van der Waals surface area contributed by atoms with E-state index in [4.69, 9.17) is 22.8 Å². The number of fused-ring (bicyclic) bond motifs is 1. The van der Waals surface area contributed by atoms with Crippen LogP contribution in [-0.2, 0) is 4.74 Å². The number of halogens is 2. The lowest BCUT2D eigenvalue weighted by Gasteiger charge is -2.00. The Bertz CT molecular complexity index is 945. The molecule has 0 saturated carbocycles. The van der Waals surface area contributed by atoms with Crippen LogP contribution in [0.5, 0.6) is 0 Å². The van der Waals surface area contributed by atoms with Crippen molar-refractivity contribution in [1.29, 1.82) is 0 Å². The number of carbonyl (C=O) groups is 1. The van der Waals surface area contributed by atoms with Gasteiger partial charge in [-0.05, 0) is 36.4 Å². The maximum Gasteiger partial charge on any atom is 0.339 e. The van der Waals surface area contributed by atoms with Gasteiger partial charge in [0.15, 0.2) is 6.61 Å². The first-order chi connectivity index (χ1) is 11.1. The molecule has 0 aliphatic rings. The predicted molar refractivity (Wildman–Crippen MR) is 96.9 cm³/mol. The normalized spacial score (nSPS) is 10.5.